The number of nitrogens with one attached hydrogen (secondary N) is 1. The first-order valence-corrected chi connectivity index (χ1v) is 9.08. The molecule has 28 heavy (non-hydrogen) atoms. The van der Waals surface area contributed by atoms with Crippen LogP contribution in [0.25, 0.3) is 0 Å². The van der Waals surface area contributed by atoms with Crippen LogP contribution < -0.4 is 5.32 Å². The molecular weight excluding hydrogens is 366 g/mol. The Morgan fingerprint density at radius 2 is 1.79 bits per heavy atom. The molecule has 1 heterocycles. The first kappa shape index (κ1) is 19.5. The number of ether oxygens (including phenoxy) is 1. The first-order chi connectivity index (χ1) is 13.3. The molecule has 1 fully saturated rings. The van der Waals surface area contributed by atoms with E-state index in [2.05, 4.69) is 5.32 Å². The Kier molecular flexibility index (Phi) is 5.43. The van der Waals surface area contributed by atoms with Crippen molar-refractivity contribution in [2.45, 2.75) is 51.6 Å². The second-order valence-electron chi connectivity index (χ2n) is 7.03. The normalized spacial score (nSPS) is 20.1. The van der Waals surface area contributed by atoms with Gasteiger partial charge in [-0.15, -0.1) is 0 Å². The summed E-state index contributed by atoms with van der Waals surface area (Å²) in [5.41, 5.74) is 0.741. The van der Waals surface area contributed by atoms with Crippen molar-refractivity contribution in [2.75, 3.05) is 0 Å². The van der Waals surface area contributed by atoms with Gasteiger partial charge in [0.05, 0.1) is 21.1 Å². The van der Waals surface area contributed by atoms with Crippen LogP contribution in [0.3, 0.4) is 0 Å². The van der Waals surface area contributed by atoms with Crippen molar-refractivity contribution in [3.63, 3.8) is 0 Å². The van der Waals surface area contributed by atoms with E-state index in [9.17, 15) is 25.0 Å². The largest absolute Gasteiger partial charge is 0.459 e. The number of non-ortho nitro benzene ring substituents is 1. The molecule has 1 aromatic rings. The summed E-state index contributed by atoms with van der Waals surface area (Å²) in [6.07, 6.45) is 3.28. The molecule has 0 bridgehead atoms. The molecule has 0 radical (unpaired) electrons. The van der Waals surface area contributed by atoms with Gasteiger partial charge in [0.2, 0.25) is 0 Å². The quantitative estimate of drug-likeness (QED) is 0.465. The topological polar surface area (TPSA) is 125 Å². The number of benzene rings is 1. The minimum absolute atomic E-state index is 0.115. The lowest BCUT2D eigenvalue weighted by Crippen LogP contribution is -2.32. The maximum Gasteiger partial charge on any atom is 0.337 e. The summed E-state index contributed by atoms with van der Waals surface area (Å²) >= 11 is 0. The van der Waals surface area contributed by atoms with Crippen LogP contribution >= 0.6 is 0 Å². The van der Waals surface area contributed by atoms with Gasteiger partial charge >= 0.3 is 5.97 Å². The number of esters is 1. The predicted molar refractivity (Wildman–Crippen MR) is 99.7 cm³/mol. The lowest BCUT2D eigenvalue weighted by Gasteiger charge is -2.27. The van der Waals surface area contributed by atoms with Crippen LogP contribution in [0.2, 0.25) is 0 Å². The van der Waals surface area contributed by atoms with E-state index >= 15 is 0 Å². The Morgan fingerprint density at radius 3 is 2.39 bits per heavy atom. The molecule has 0 aromatic heterocycles. The SMILES string of the molecule is CC1=C(C(=O)OC2CCCC2)C(c2cccc([N+](=O)[O-])c2)C([N+](=O)[O-])=C(C)N1. The monoisotopic (exact) mass is 387 g/mol. The van der Waals surface area contributed by atoms with Crippen LogP contribution in [-0.2, 0) is 9.53 Å². The standard InChI is InChI=1S/C19H21N3O6/c1-11-16(19(23)28-15-8-3-4-9-15)17(18(22(26)27)12(2)20-11)13-6-5-7-14(10-13)21(24)25/h5-7,10,15,17,20H,3-4,8-9H2,1-2H3. The minimum atomic E-state index is -1.05. The Labute approximate surface area is 161 Å². The van der Waals surface area contributed by atoms with Crippen molar-refractivity contribution < 1.29 is 19.4 Å². The molecule has 0 spiro atoms. The molecule has 148 valence electrons. The van der Waals surface area contributed by atoms with E-state index in [1.807, 2.05) is 0 Å². The maximum absolute atomic E-state index is 12.9. The fraction of sp³-hybridized carbons (Fsp3) is 0.421. The van der Waals surface area contributed by atoms with Gasteiger partial charge in [0.25, 0.3) is 11.4 Å². The summed E-state index contributed by atoms with van der Waals surface area (Å²) in [5, 5.41) is 25.8. The average Bonchev–Trinajstić information content (AvgIpc) is 3.13. The average molecular weight is 387 g/mol. The number of hydrogen-bond donors (Lipinski definition) is 1. The number of dihydropyridines is 1. The van der Waals surface area contributed by atoms with Gasteiger partial charge in [-0.25, -0.2) is 4.79 Å². The number of nitro groups is 2. The van der Waals surface area contributed by atoms with Crippen LogP contribution in [0.1, 0.15) is 51.0 Å². The predicted octanol–water partition coefficient (Wildman–Crippen LogP) is 3.55. The molecule has 9 heteroatoms. The van der Waals surface area contributed by atoms with Crippen molar-refractivity contribution in [1.82, 2.24) is 5.32 Å². The highest BCUT2D eigenvalue weighted by Crippen LogP contribution is 2.40. The number of carbonyl (C=O) groups excluding carboxylic acids is 1. The van der Waals surface area contributed by atoms with Crippen LogP contribution in [0.5, 0.6) is 0 Å². The third-order valence-corrected chi connectivity index (χ3v) is 5.13. The zero-order valence-electron chi connectivity index (χ0n) is 15.6. The molecular formula is C19H21N3O6. The molecule has 1 aliphatic heterocycles. The summed E-state index contributed by atoms with van der Waals surface area (Å²) in [6.45, 7) is 3.20. The van der Waals surface area contributed by atoms with Gasteiger partial charge in [0.1, 0.15) is 12.0 Å². The molecule has 2 aliphatic rings. The van der Waals surface area contributed by atoms with Gasteiger partial charge in [-0.1, -0.05) is 12.1 Å². The molecule has 1 aromatic carbocycles. The van der Waals surface area contributed by atoms with Crippen molar-refractivity contribution >= 4 is 11.7 Å². The Hall–Kier alpha value is -3.23. The van der Waals surface area contributed by atoms with E-state index < -0.39 is 21.7 Å². The summed E-state index contributed by atoms with van der Waals surface area (Å²) in [7, 11) is 0. The van der Waals surface area contributed by atoms with Crippen molar-refractivity contribution in [2.24, 2.45) is 0 Å². The van der Waals surface area contributed by atoms with Crippen LogP contribution in [0.4, 0.5) is 5.69 Å². The molecule has 0 saturated heterocycles. The maximum atomic E-state index is 12.9. The lowest BCUT2D eigenvalue weighted by atomic mass is 9.84. The third-order valence-electron chi connectivity index (χ3n) is 5.13. The van der Waals surface area contributed by atoms with E-state index in [1.54, 1.807) is 19.9 Å². The van der Waals surface area contributed by atoms with E-state index in [4.69, 9.17) is 4.74 Å². The summed E-state index contributed by atoms with van der Waals surface area (Å²) < 4.78 is 5.60. The van der Waals surface area contributed by atoms with E-state index in [0.717, 1.165) is 25.7 Å². The van der Waals surface area contributed by atoms with Gasteiger partial charge in [0, 0.05) is 17.8 Å². The van der Waals surface area contributed by atoms with E-state index in [0.29, 0.717) is 11.3 Å². The van der Waals surface area contributed by atoms with Gasteiger partial charge < -0.3 is 10.1 Å². The number of hydrogen-bond acceptors (Lipinski definition) is 7. The van der Waals surface area contributed by atoms with Crippen molar-refractivity contribution in [3.8, 4) is 0 Å². The fourth-order valence-corrected chi connectivity index (χ4v) is 3.86. The van der Waals surface area contributed by atoms with Crippen LogP contribution in [0, 0.1) is 20.2 Å². The van der Waals surface area contributed by atoms with E-state index in [-0.39, 0.29) is 28.8 Å². The van der Waals surface area contributed by atoms with Gasteiger partial charge in [-0.2, -0.15) is 0 Å². The highest BCUT2D eigenvalue weighted by atomic mass is 16.6. The van der Waals surface area contributed by atoms with Gasteiger partial charge in [-0.05, 0) is 45.1 Å². The van der Waals surface area contributed by atoms with E-state index in [1.165, 1.54) is 18.2 Å². The second kappa shape index (κ2) is 7.79. The van der Waals surface area contributed by atoms with Crippen LogP contribution in [-0.4, -0.2) is 21.9 Å². The van der Waals surface area contributed by atoms with Gasteiger partial charge in [0.15, 0.2) is 0 Å². The molecule has 1 N–H and O–H groups in total. The number of nitrogens with zero attached hydrogens (tertiary/aromatic N) is 2. The number of allylic oxidation sites excluding steroid dienone is 3. The summed E-state index contributed by atoms with van der Waals surface area (Å²) in [5.74, 6) is -1.68. The highest BCUT2D eigenvalue weighted by molar-refractivity contribution is 5.92. The Morgan fingerprint density at radius 1 is 1.11 bits per heavy atom. The zero-order valence-corrected chi connectivity index (χ0v) is 15.6. The molecule has 1 aliphatic carbocycles. The summed E-state index contributed by atoms with van der Waals surface area (Å²) in [4.78, 5) is 34.8. The number of carbonyl (C=O) groups is 1. The smallest absolute Gasteiger partial charge is 0.337 e. The Bertz CT molecular complexity index is 899. The minimum Gasteiger partial charge on any atom is -0.459 e. The molecule has 1 saturated carbocycles. The molecule has 1 unspecified atom stereocenters. The lowest BCUT2D eigenvalue weighted by molar-refractivity contribution is -0.431. The number of rotatable bonds is 5. The molecule has 9 nitrogen and oxygen atoms in total. The number of nitro benzene ring substituents is 1. The van der Waals surface area contributed by atoms with Crippen LogP contribution in [0.15, 0.2) is 46.9 Å². The summed E-state index contributed by atoms with van der Waals surface area (Å²) in [6, 6.07) is 5.58. The highest BCUT2D eigenvalue weighted by Gasteiger charge is 2.42. The molecule has 0 amide bonds. The molecule has 1 atom stereocenters. The molecule has 3 rings (SSSR count). The Balaban J connectivity index is 2.08. The first-order valence-electron chi connectivity index (χ1n) is 9.08. The second-order valence-corrected chi connectivity index (χ2v) is 7.03. The van der Waals surface area contributed by atoms with Crippen molar-refractivity contribution in [1.29, 1.82) is 0 Å². The third kappa shape index (κ3) is 3.73. The van der Waals surface area contributed by atoms with Gasteiger partial charge in [-0.3, -0.25) is 20.2 Å². The zero-order chi connectivity index (χ0) is 20.4. The van der Waals surface area contributed by atoms with Crippen molar-refractivity contribution in [3.05, 3.63) is 72.7 Å². The fourth-order valence-electron chi connectivity index (χ4n) is 3.86.